The van der Waals surface area contributed by atoms with Crippen LogP contribution in [0.4, 0.5) is 22.7 Å². The van der Waals surface area contributed by atoms with E-state index in [4.69, 9.17) is 9.47 Å². The fraction of sp³-hybridized carbons (Fsp3) is 0. The second-order valence-electron chi connectivity index (χ2n) is 8.01. The molecular formula is C30H20N4O4. The van der Waals surface area contributed by atoms with Crippen LogP contribution in [0.1, 0.15) is 0 Å². The van der Waals surface area contributed by atoms with E-state index >= 15 is 0 Å². The molecule has 5 rings (SSSR count). The highest BCUT2D eigenvalue weighted by Crippen LogP contribution is 2.27. The van der Waals surface area contributed by atoms with Crippen LogP contribution in [0, 0.1) is 0 Å². The van der Waals surface area contributed by atoms with Crippen LogP contribution in [0.3, 0.4) is 0 Å². The van der Waals surface area contributed by atoms with Gasteiger partial charge in [0.15, 0.2) is 17.3 Å². The lowest BCUT2D eigenvalue weighted by molar-refractivity contribution is -0.118. The molecule has 0 heterocycles. The Morgan fingerprint density at radius 1 is 0.421 bits per heavy atom. The summed E-state index contributed by atoms with van der Waals surface area (Å²) < 4.78 is 11.4. The van der Waals surface area contributed by atoms with E-state index in [2.05, 4.69) is 20.5 Å². The number of rotatable bonds is 8. The fourth-order valence-corrected chi connectivity index (χ4v) is 3.34. The molecule has 8 nitrogen and oxygen atoms in total. The summed E-state index contributed by atoms with van der Waals surface area (Å²) >= 11 is 0. The number of allylic oxidation sites excluding steroid dienone is 2. The standard InChI is InChI=1S/C30H20N4O4/c35-25-19-28(37-26-15-11-23(12-16-26)33-31-21-7-3-1-4-8-21)30(36)29(20-25)38-27-17-13-24(14-18-27)34-32-22-9-5-2-6-10-22/h1-20H. The van der Waals surface area contributed by atoms with E-state index in [1.165, 1.54) is 0 Å². The fourth-order valence-electron chi connectivity index (χ4n) is 3.34. The van der Waals surface area contributed by atoms with Crippen molar-refractivity contribution in [3.05, 3.63) is 133 Å². The van der Waals surface area contributed by atoms with E-state index in [0.29, 0.717) is 22.9 Å². The van der Waals surface area contributed by atoms with Gasteiger partial charge in [-0.15, -0.1) is 0 Å². The largest absolute Gasteiger partial charge is 0.453 e. The predicted molar refractivity (Wildman–Crippen MR) is 142 cm³/mol. The van der Waals surface area contributed by atoms with E-state index in [9.17, 15) is 9.59 Å². The molecule has 0 saturated heterocycles. The first kappa shape index (κ1) is 24.2. The Labute approximate surface area is 218 Å². The number of hydrogen-bond donors (Lipinski definition) is 0. The van der Waals surface area contributed by atoms with E-state index in [-0.39, 0.29) is 11.5 Å². The normalized spacial score (nSPS) is 13.5. The van der Waals surface area contributed by atoms with Gasteiger partial charge in [0.2, 0.25) is 0 Å². The van der Waals surface area contributed by atoms with E-state index in [1.54, 1.807) is 48.5 Å². The zero-order chi connectivity index (χ0) is 26.2. The van der Waals surface area contributed by atoms with Crippen LogP contribution in [0.2, 0.25) is 0 Å². The van der Waals surface area contributed by atoms with Crippen LogP contribution in [0.25, 0.3) is 0 Å². The molecule has 184 valence electrons. The molecule has 0 atom stereocenters. The lowest BCUT2D eigenvalue weighted by Gasteiger charge is -2.15. The third kappa shape index (κ3) is 6.38. The third-order valence-electron chi connectivity index (χ3n) is 5.20. The van der Waals surface area contributed by atoms with Gasteiger partial charge in [-0.3, -0.25) is 9.59 Å². The summed E-state index contributed by atoms with van der Waals surface area (Å²) in [5, 5.41) is 16.7. The van der Waals surface area contributed by atoms with Gasteiger partial charge in [0, 0.05) is 12.2 Å². The maximum Gasteiger partial charge on any atom is 0.263 e. The minimum atomic E-state index is -0.551. The van der Waals surface area contributed by atoms with E-state index < -0.39 is 11.6 Å². The van der Waals surface area contributed by atoms with Gasteiger partial charge in [-0.25, -0.2) is 0 Å². The summed E-state index contributed by atoms with van der Waals surface area (Å²) in [7, 11) is 0. The summed E-state index contributed by atoms with van der Waals surface area (Å²) in [5.41, 5.74) is 2.68. The molecule has 0 bridgehead atoms. The quantitative estimate of drug-likeness (QED) is 0.181. The van der Waals surface area contributed by atoms with Gasteiger partial charge in [-0.1, -0.05) is 36.4 Å². The van der Waals surface area contributed by atoms with Crippen LogP contribution >= 0.6 is 0 Å². The first-order valence-corrected chi connectivity index (χ1v) is 11.6. The number of carbonyl (C=O) groups excluding carboxylic acids is 2. The van der Waals surface area contributed by atoms with Crippen molar-refractivity contribution in [2.24, 2.45) is 20.5 Å². The molecule has 0 N–H and O–H groups in total. The molecule has 0 amide bonds. The van der Waals surface area contributed by atoms with Gasteiger partial charge >= 0.3 is 0 Å². The van der Waals surface area contributed by atoms with Crippen molar-refractivity contribution >= 4 is 34.3 Å². The zero-order valence-corrected chi connectivity index (χ0v) is 20.0. The summed E-state index contributed by atoms with van der Waals surface area (Å²) in [4.78, 5) is 25.2. The maximum absolute atomic E-state index is 12.9. The van der Waals surface area contributed by atoms with Crippen molar-refractivity contribution < 1.29 is 19.1 Å². The molecule has 0 spiro atoms. The molecule has 4 aromatic carbocycles. The van der Waals surface area contributed by atoms with Gasteiger partial charge in [0.05, 0.1) is 22.7 Å². The summed E-state index contributed by atoms with van der Waals surface area (Å²) in [6.07, 6.45) is 2.26. The lowest BCUT2D eigenvalue weighted by atomic mass is 10.1. The Kier molecular flexibility index (Phi) is 7.32. The van der Waals surface area contributed by atoms with Crippen LogP contribution in [-0.2, 0) is 9.59 Å². The molecule has 1 aliphatic carbocycles. The number of benzene rings is 4. The van der Waals surface area contributed by atoms with Crippen molar-refractivity contribution in [1.82, 2.24) is 0 Å². The van der Waals surface area contributed by atoms with Crippen molar-refractivity contribution in [2.45, 2.75) is 0 Å². The Balaban J connectivity index is 1.21. The number of hydrogen-bond acceptors (Lipinski definition) is 8. The van der Waals surface area contributed by atoms with Crippen LogP contribution in [0.15, 0.2) is 153 Å². The van der Waals surface area contributed by atoms with Crippen LogP contribution in [0.5, 0.6) is 11.5 Å². The number of ether oxygens (including phenoxy) is 2. The molecule has 0 saturated carbocycles. The predicted octanol–water partition coefficient (Wildman–Crippen LogP) is 7.89. The first-order valence-electron chi connectivity index (χ1n) is 11.6. The molecule has 0 aliphatic heterocycles. The summed E-state index contributed by atoms with van der Waals surface area (Å²) in [5.74, 6) is -0.517. The molecule has 1 aliphatic rings. The molecule has 38 heavy (non-hydrogen) atoms. The van der Waals surface area contributed by atoms with E-state index in [1.807, 2.05) is 60.7 Å². The minimum Gasteiger partial charge on any atom is -0.453 e. The molecule has 0 unspecified atom stereocenters. The third-order valence-corrected chi connectivity index (χ3v) is 5.20. The van der Waals surface area contributed by atoms with E-state index in [0.717, 1.165) is 23.5 Å². The highest BCUT2D eigenvalue weighted by Gasteiger charge is 2.26. The molecular weight excluding hydrogens is 480 g/mol. The first-order chi connectivity index (χ1) is 18.6. The number of nitrogens with zero attached hydrogens (tertiary/aromatic N) is 4. The Bertz CT molecular complexity index is 1440. The second kappa shape index (κ2) is 11.5. The van der Waals surface area contributed by atoms with Crippen molar-refractivity contribution in [3.8, 4) is 11.5 Å². The maximum atomic E-state index is 12.9. The van der Waals surface area contributed by atoms with Gasteiger partial charge < -0.3 is 9.47 Å². The minimum absolute atomic E-state index is 0.139. The van der Waals surface area contributed by atoms with Gasteiger partial charge in [0.25, 0.3) is 5.78 Å². The van der Waals surface area contributed by atoms with Gasteiger partial charge in [-0.2, -0.15) is 20.5 Å². The monoisotopic (exact) mass is 500 g/mol. The second-order valence-corrected chi connectivity index (χ2v) is 8.01. The topological polar surface area (TPSA) is 102 Å². The molecule has 0 radical (unpaired) electrons. The number of ketones is 2. The smallest absolute Gasteiger partial charge is 0.263 e. The highest BCUT2D eigenvalue weighted by molar-refractivity contribution is 6.18. The van der Waals surface area contributed by atoms with Crippen molar-refractivity contribution in [1.29, 1.82) is 0 Å². The highest BCUT2D eigenvalue weighted by atomic mass is 16.5. The SMILES string of the molecule is O=C1C=C(Oc2ccc(N=Nc3ccccc3)cc2)C(=O)C(Oc2ccc(N=Nc3ccccc3)cc2)=C1. The average Bonchev–Trinajstić information content (AvgIpc) is 2.96. The van der Waals surface area contributed by atoms with Crippen molar-refractivity contribution in [3.63, 3.8) is 0 Å². The van der Waals surface area contributed by atoms with Gasteiger partial charge in [0.1, 0.15) is 11.5 Å². The molecule has 0 fully saturated rings. The van der Waals surface area contributed by atoms with Crippen LogP contribution < -0.4 is 9.47 Å². The Morgan fingerprint density at radius 3 is 1.13 bits per heavy atom. The Morgan fingerprint density at radius 2 is 0.763 bits per heavy atom. The van der Waals surface area contributed by atoms with Crippen LogP contribution in [-0.4, -0.2) is 11.6 Å². The lowest BCUT2D eigenvalue weighted by Crippen LogP contribution is -2.21. The van der Waals surface area contributed by atoms with Crippen molar-refractivity contribution in [2.75, 3.05) is 0 Å². The summed E-state index contributed by atoms with van der Waals surface area (Å²) in [6, 6.07) is 32.0. The van der Waals surface area contributed by atoms with Gasteiger partial charge in [-0.05, 0) is 72.8 Å². The number of Topliss-reactive ketones (excluding diaryl/α,β-unsaturated/α-hetero) is 1. The number of carbonyl (C=O) groups is 2. The zero-order valence-electron chi connectivity index (χ0n) is 20.0. The number of azo groups is 2. The molecule has 0 aromatic heterocycles. The Hall–Kier alpha value is -5.50. The molecule has 4 aromatic rings. The average molecular weight is 501 g/mol. The summed E-state index contributed by atoms with van der Waals surface area (Å²) in [6.45, 7) is 0. The molecule has 8 heteroatoms.